The third kappa shape index (κ3) is 78.5. The summed E-state index contributed by atoms with van der Waals surface area (Å²) < 4.78 is 68.7. The molecule has 0 saturated carbocycles. The monoisotopic (exact) mass is 1550 g/mol. The van der Waals surface area contributed by atoms with Gasteiger partial charge in [-0.05, 0) is 173 Å². The summed E-state index contributed by atoms with van der Waals surface area (Å²) in [5.74, 6) is -2.27. The van der Waals surface area contributed by atoms with E-state index in [2.05, 4.69) is 198 Å². The van der Waals surface area contributed by atoms with E-state index in [1.54, 1.807) is 0 Å². The highest BCUT2D eigenvalue weighted by atomic mass is 31.2. The molecule has 0 aromatic carbocycles. The van der Waals surface area contributed by atoms with Crippen LogP contribution < -0.4 is 0 Å². The normalized spacial score (nSPS) is 14.7. The van der Waals surface area contributed by atoms with Crippen LogP contribution in [0.15, 0.2) is 170 Å². The summed E-state index contributed by atoms with van der Waals surface area (Å²) in [6, 6.07) is 0. The van der Waals surface area contributed by atoms with Gasteiger partial charge in [0.2, 0.25) is 0 Å². The summed E-state index contributed by atoms with van der Waals surface area (Å²) in [5, 5.41) is 10.7. The van der Waals surface area contributed by atoms with Crippen LogP contribution in [0.4, 0.5) is 0 Å². The van der Waals surface area contributed by atoms with E-state index in [0.717, 1.165) is 212 Å². The van der Waals surface area contributed by atoms with Crippen molar-refractivity contribution in [2.24, 2.45) is 0 Å². The average Bonchev–Trinajstić information content (AvgIpc) is 0.906. The predicted molar refractivity (Wildman–Crippen MR) is 445 cm³/mol. The summed E-state index contributed by atoms with van der Waals surface area (Å²) in [4.78, 5) is 73.2. The summed E-state index contributed by atoms with van der Waals surface area (Å²) in [7, 11) is -10.0. The van der Waals surface area contributed by atoms with Crippen LogP contribution in [0.5, 0.6) is 0 Å². The molecule has 0 heterocycles. The molecule has 614 valence electrons. The molecule has 0 aromatic rings. The Bertz CT molecular complexity index is 2710. The first-order valence-corrected chi connectivity index (χ1v) is 44.4. The average molecular weight is 1550 g/mol. The number of hydrogen-bond acceptors (Lipinski definition) is 15. The second-order valence-electron chi connectivity index (χ2n) is 26.9. The smallest absolute Gasteiger partial charge is 0.462 e. The van der Waals surface area contributed by atoms with Crippen molar-refractivity contribution in [3.8, 4) is 0 Å². The Kier molecular flexibility index (Phi) is 75.4. The number of phosphoric acid groups is 2. The van der Waals surface area contributed by atoms with Crippen LogP contribution in [-0.4, -0.2) is 96.7 Å². The van der Waals surface area contributed by atoms with Gasteiger partial charge in [0.15, 0.2) is 12.2 Å². The molecule has 3 N–H and O–H groups in total. The van der Waals surface area contributed by atoms with Crippen molar-refractivity contribution in [2.75, 3.05) is 39.6 Å². The molecule has 0 fully saturated rings. The lowest BCUT2D eigenvalue weighted by molar-refractivity contribution is -0.161. The number of esters is 4. The molecular formula is C89H146O17P2. The first kappa shape index (κ1) is 102. The van der Waals surface area contributed by atoms with E-state index in [1.807, 2.05) is 0 Å². The van der Waals surface area contributed by atoms with E-state index in [9.17, 15) is 43.2 Å². The third-order valence-electron chi connectivity index (χ3n) is 16.7. The van der Waals surface area contributed by atoms with Crippen molar-refractivity contribution in [1.82, 2.24) is 0 Å². The van der Waals surface area contributed by atoms with Crippen LogP contribution in [0.25, 0.3) is 0 Å². The maximum absolute atomic E-state index is 13.1. The molecule has 0 aliphatic rings. The highest BCUT2D eigenvalue weighted by Crippen LogP contribution is 2.45. The van der Waals surface area contributed by atoms with Gasteiger partial charge in [0, 0.05) is 25.7 Å². The Balaban J connectivity index is 5.46. The van der Waals surface area contributed by atoms with Gasteiger partial charge in [-0.25, -0.2) is 9.13 Å². The topological polar surface area (TPSA) is 237 Å². The van der Waals surface area contributed by atoms with Gasteiger partial charge < -0.3 is 33.8 Å². The molecule has 0 aliphatic carbocycles. The van der Waals surface area contributed by atoms with Gasteiger partial charge >= 0.3 is 39.5 Å². The first-order valence-electron chi connectivity index (χ1n) is 41.4. The summed E-state index contributed by atoms with van der Waals surface area (Å²) in [6.45, 7) is 4.42. The van der Waals surface area contributed by atoms with Gasteiger partial charge in [-0.15, -0.1) is 0 Å². The van der Waals surface area contributed by atoms with Crippen LogP contribution in [0.2, 0.25) is 0 Å². The predicted octanol–water partition coefficient (Wildman–Crippen LogP) is 24.6. The van der Waals surface area contributed by atoms with Gasteiger partial charge in [-0.3, -0.25) is 37.3 Å². The number of carbonyl (C=O) groups is 4. The van der Waals surface area contributed by atoms with Crippen molar-refractivity contribution < 1.29 is 80.2 Å². The molecule has 108 heavy (non-hydrogen) atoms. The molecule has 0 rings (SSSR count). The number of ether oxygens (including phenoxy) is 4. The van der Waals surface area contributed by atoms with Gasteiger partial charge in [0.05, 0.1) is 26.4 Å². The third-order valence-corrected chi connectivity index (χ3v) is 18.6. The van der Waals surface area contributed by atoms with Crippen molar-refractivity contribution in [1.29, 1.82) is 0 Å². The Morgan fingerprint density at radius 2 is 0.481 bits per heavy atom. The number of allylic oxidation sites excluding steroid dienone is 28. The summed E-state index contributed by atoms with van der Waals surface area (Å²) in [6.07, 6.45) is 94.6. The quantitative estimate of drug-likeness (QED) is 0.0169. The highest BCUT2D eigenvalue weighted by molar-refractivity contribution is 7.47. The van der Waals surface area contributed by atoms with Crippen LogP contribution >= 0.6 is 15.6 Å². The molecule has 0 aliphatic heterocycles. The van der Waals surface area contributed by atoms with Crippen molar-refractivity contribution >= 4 is 39.5 Å². The maximum atomic E-state index is 13.1. The molecule has 0 saturated heterocycles. The zero-order valence-electron chi connectivity index (χ0n) is 67.2. The Hall–Kier alpha value is -5.58. The standard InChI is InChI=1S/C89H146O17P2/c1-5-9-13-17-21-25-29-33-37-40-41-44-47-50-54-58-62-66-70-74-87(92)100-80-85(106-89(94)76-72-68-64-60-56-52-48-43-39-35-31-27-23-19-15-11-7-3)82-104-108(97,98)102-78-83(90)77-101-107(95,96)103-81-84(105-88(93)75-71-67-63-59-55-51-45-36-32-28-24-20-16-12-8-4)79-99-86(91)73-69-65-61-57-53-49-46-42-38-34-30-26-22-18-14-10-6-2/h9-11,13-15,21-28,33-39,41,44-46,49-50,54,83-85,90H,5-8,12,16-20,29-32,40,42-43,47-48,51-53,55-82H2,1-4H3,(H,95,96)(H,97,98)/b13-9-,14-10-,15-11-,25-21-,26-22-,27-23-,28-24-,37-33-,38-34-,39-35-,44-41-,45-36-,49-46-,54-50-. The van der Waals surface area contributed by atoms with Crippen LogP contribution in [0.1, 0.15) is 310 Å². The molecular weight excluding hydrogens is 1400 g/mol. The van der Waals surface area contributed by atoms with E-state index in [4.69, 9.17) is 37.0 Å². The number of phosphoric ester groups is 2. The van der Waals surface area contributed by atoms with Gasteiger partial charge in [0.1, 0.15) is 19.3 Å². The summed E-state index contributed by atoms with van der Waals surface area (Å²) in [5.41, 5.74) is 0. The molecule has 5 unspecified atom stereocenters. The SMILES string of the molecule is CC/C=C\C/C=C\C/C=C\C/C=C\C/C=C\CCCCCC(=O)OCC(COP(=O)(O)OCC(O)COP(=O)(O)OCC(COC(=O)CCCCCC/C=C\C/C=C\C/C=C\C/C=C\CC)OC(=O)CCCCCCC/C=C\C/C=C\CCCCC)OC(=O)CCCCCCCCC/C=C\C/C=C\C/C=C\CC. The lowest BCUT2D eigenvalue weighted by Gasteiger charge is -2.21. The van der Waals surface area contributed by atoms with Crippen molar-refractivity contribution in [3.05, 3.63) is 170 Å². The van der Waals surface area contributed by atoms with E-state index in [1.165, 1.54) is 19.3 Å². The fourth-order valence-electron chi connectivity index (χ4n) is 10.5. The summed E-state index contributed by atoms with van der Waals surface area (Å²) >= 11 is 0. The molecule has 19 heteroatoms. The Morgan fingerprint density at radius 3 is 0.750 bits per heavy atom. The molecule has 0 spiro atoms. The zero-order chi connectivity index (χ0) is 78.9. The van der Waals surface area contributed by atoms with Crippen LogP contribution in [-0.2, 0) is 65.4 Å². The van der Waals surface area contributed by atoms with Crippen molar-refractivity contribution in [2.45, 2.75) is 329 Å². The van der Waals surface area contributed by atoms with Gasteiger partial charge in [-0.2, -0.15) is 0 Å². The zero-order valence-corrected chi connectivity index (χ0v) is 69.0. The number of rotatable bonds is 76. The van der Waals surface area contributed by atoms with E-state index < -0.39 is 97.5 Å². The minimum absolute atomic E-state index is 0.0673. The Labute approximate surface area is 654 Å². The Morgan fingerprint density at radius 1 is 0.269 bits per heavy atom. The number of aliphatic hydroxyl groups excluding tert-OH is 1. The number of unbranched alkanes of at least 4 members (excludes halogenated alkanes) is 22. The molecule has 0 aromatic heterocycles. The fourth-order valence-corrected chi connectivity index (χ4v) is 12.0. The lowest BCUT2D eigenvalue weighted by atomic mass is 10.1. The molecule has 5 atom stereocenters. The molecule has 0 amide bonds. The maximum Gasteiger partial charge on any atom is 0.472 e. The lowest BCUT2D eigenvalue weighted by Crippen LogP contribution is -2.30. The fraction of sp³-hybridized carbons (Fsp3) is 0.640. The second kappa shape index (κ2) is 79.5. The van der Waals surface area contributed by atoms with E-state index >= 15 is 0 Å². The number of hydrogen-bond donors (Lipinski definition) is 3. The van der Waals surface area contributed by atoms with Gasteiger partial charge in [-0.1, -0.05) is 281 Å². The minimum atomic E-state index is -5.00. The number of carbonyl (C=O) groups excluding carboxylic acids is 4. The molecule has 0 radical (unpaired) electrons. The largest absolute Gasteiger partial charge is 0.472 e. The van der Waals surface area contributed by atoms with Crippen molar-refractivity contribution in [3.63, 3.8) is 0 Å². The first-order chi connectivity index (χ1) is 52.7. The number of aliphatic hydroxyl groups is 1. The van der Waals surface area contributed by atoms with E-state index in [0.29, 0.717) is 25.7 Å². The highest BCUT2D eigenvalue weighted by Gasteiger charge is 2.30. The second-order valence-corrected chi connectivity index (χ2v) is 29.8. The van der Waals surface area contributed by atoms with Gasteiger partial charge in [0.25, 0.3) is 0 Å². The minimum Gasteiger partial charge on any atom is -0.462 e. The van der Waals surface area contributed by atoms with E-state index in [-0.39, 0.29) is 25.7 Å². The van der Waals surface area contributed by atoms with Crippen LogP contribution in [0.3, 0.4) is 0 Å². The molecule has 17 nitrogen and oxygen atoms in total. The molecule has 0 bridgehead atoms. The van der Waals surface area contributed by atoms with Crippen LogP contribution in [0, 0.1) is 0 Å².